The minimum atomic E-state index is -3.51. The first-order valence-electron chi connectivity index (χ1n) is 8.46. The standard InChI is InChI=1S/C14H32O6P2S4/c1-8-17-21(15,18-9-2)13(23-6)26-14(24-7,25-12-5)22(16,19-10-3)20-11-4/h13H,8-12H2,1-7H3. The fraction of sp³-hybridized carbons (Fsp3) is 1.00. The molecule has 0 aliphatic heterocycles. The fourth-order valence-corrected chi connectivity index (χ4v) is 15.7. The Morgan fingerprint density at radius 3 is 1.62 bits per heavy atom. The molecule has 6 nitrogen and oxygen atoms in total. The first-order valence-corrected chi connectivity index (χ1v) is 16.0. The van der Waals surface area contributed by atoms with E-state index in [1.165, 1.54) is 47.0 Å². The van der Waals surface area contributed by atoms with Crippen LogP contribution in [0.2, 0.25) is 0 Å². The molecule has 0 saturated carbocycles. The van der Waals surface area contributed by atoms with Gasteiger partial charge in [0, 0.05) is 0 Å². The summed E-state index contributed by atoms with van der Waals surface area (Å²) in [6.07, 6.45) is 3.71. The number of hydrogen-bond acceptors (Lipinski definition) is 10. The second-order valence-electron chi connectivity index (χ2n) is 4.53. The largest absolute Gasteiger partial charge is 0.366 e. The van der Waals surface area contributed by atoms with Crippen LogP contribution in [0.15, 0.2) is 0 Å². The Balaban J connectivity index is 6.04. The highest BCUT2D eigenvalue weighted by Crippen LogP contribution is 2.78. The van der Waals surface area contributed by atoms with Gasteiger partial charge in [-0.15, -0.1) is 35.3 Å². The monoisotopic (exact) mass is 486 g/mol. The second kappa shape index (κ2) is 13.8. The van der Waals surface area contributed by atoms with Crippen LogP contribution in [-0.4, -0.2) is 52.2 Å². The molecule has 0 aliphatic rings. The lowest BCUT2D eigenvalue weighted by Gasteiger charge is -2.39. The molecule has 0 aliphatic carbocycles. The van der Waals surface area contributed by atoms with Crippen LogP contribution in [0.5, 0.6) is 0 Å². The average molecular weight is 487 g/mol. The maximum absolute atomic E-state index is 13.7. The Kier molecular flexibility index (Phi) is 14.7. The van der Waals surface area contributed by atoms with Crippen LogP contribution in [0.3, 0.4) is 0 Å². The normalized spacial score (nSPS) is 16.4. The van der Waals surface area contributed by atoms with Gasteiger partial charge in [-0.05, 0) is 46.0 Å². The van der Waals surface area contributed by atoms with Gasteiger partial charge in [-0.25, -0.2) is 0 Å². The summed E-state index contributed by atoms with van der Waals surface area (Å²) in [5, 5.41) is 0. The summed E-state index contributed by atoms with van der Waals surface area (Å²) in [5.74, 6) is 0.701. The molecule has 0 radical (unpaired) electrons. The molecule has 12 heteroatoms. The lowest BCUT2D eigenvalue weighted by molar-refractivity contribution is 0.221. The van der Waals surface area contributed by atoms with Gasteiger partial charge in [0.2, 0.25) is 3.15 Å². The minimum absolute atomic E-state index is 0.267. The van der Waals surface area contributed by atoms with Gasteiger partial charge in [-0.3, -0.25) is 9.13 Å². The van der Waals surface area contributed by atoms with Gasteiger partial charge >= 0.3 is 15.2 Å². The van der Waals surface area contributed by atoms with E-state index in [4.69, 9.17) is 18.1 Å². The zero-order valence-electron chi connectivity index (χ0n) is 16.6. The number of hydrogen-bond donors (Lipinski definition) is 0. The smallest absolute Gasteiger partial charge is 0.308 e. The van der Waals surface area contributed by atoms with Gasteiger partial charge in [-0.1, -0.05) is 18.7 Å². The highest BCUT2D eigenvalue weighted by atomic mass is 32.3. The lowest BCUT2D eigenvalue weighted by Crippen LogP contribution is -2.24. The Morgan fingerprint density at radius 1 is 0.846 bits per heavy atom. The predicted octanol–water partition coefficient (Wildman–Crippen LogP) is 6.63. The molecule has 0 fully saturated rings. The maximum atomic E-state index is 13.7. The SMILES string of the molecule is CCOP(=O)(OCC)C(SC)SC(SC)(SCC)P(=O)(OCC)OCC. The summed E-state index contributed by atoms with van der Waals surface area (Å²) in [5.41, 5.74) is 0. The quantitative estimate of drug-likeness (QED) is 0.175. The van der Waals surface area contributed by atoms with E-state index in [1.54, 1.807) is 27.7 Å². The van der Waals surface area contributed by atoms with Gasteiger partial charge < -0.3 is 18.1 Å². The van der Waals surface area contributed by atoms with Crippen LogP contribution in [0, 0.1) is 0 Å². The molecule has 0 saturated heterocycles. The van der Waals surface area contributed by atoms with Crippen molar-refractivity contribution in [1.82, 2.24) is 0 Å². The molecule has 0 amide bonds. The molecule has 0 aromatic rings. The molecule has 0 N–H and O–H groups in total. The molecule has 0 aromatic heterocycles. The van der Waals surface area contributed by atoms with Crippen molar-refractivity contribution in [2.45, 2.75) is 42.1 Å². The van der Waals surface area contributed by atoms with E-state index < -0.39 is 22.7 Å². The first-order chi connectivity index (χ1) is 12.3. The van der Waals surface area contributed by atoms with Gasteiger partial charge in [-0.2, -0.15) is 0 Å². The van der Waals surface area contributed by atoms with E-state index >= 15 is 0 Å². The van der Waals surface area contributed by atoms with Crippen molar-refractivity contribution >= 4 is 62.2 Å². The predicted molar refractivity (Wildman–Crippen MR) is 121 cm³/mol. The minimum Gasteiger partial charge on any atom is -0.308 e. The number of thioether (sulfide) groups is 4. The molecule has 2 atom stereocenters. The van der Waals surface area contributed by atoms with Crippen LogP contribution in [0.25, 0.3) is 0 Å². The van der Waals surface area contributed by atoms with Crippen molar-refractivity contribution in [1.29, 1.82) is 0 Å². The van der Waals surface area contributed by atoms with E-state index in [2.05, 4.69) is 0 Å². The van der Waals surface area contributed by atoms with Gasteiger partial charge in [0.15, 0.2) is 4.32 Å². The average Bonchev–Trinajstić information content (AvgIpc) is 2.59. The van der Waals surface area contributed by atoms with Gasteiger partial charge in [0.1, 0.15) is 0 Å². The van der Waals surface area contributed by atoms with Crippen LogP contribution in [0.4, 0.5) is 0 Å². The first kappa shape index (κ1) is 27.7. The molecule has 0 spiro atoms. The van der Waals surface area contributed by atoms with E-state index in [0.29, 0.717) is 5.75 Å². The van der Waals surface area contributed by atoms with Crippen molar-refractivity contribution in [2.75, 3.05) is 44.7 Å². The third kappa shape index (κ3) is 7.19. The van der Waals surface area contributed by atoms with Crippen LogP contribution in [0.1, 0.15) is 34.6 Å². The van der Waals surface area contributed by atoms with Crippen LogP contribution < -0.4 is 0 Å². The van der Waals surface area contributed by atoms with E-state index in [9.17, 15) is 9.13 Å². The molecule has 2 unspecified atom stereocenters. The summed E-state index contributed by atoms with van der Waals surface area (Å²) in [6, 6.07) is 0. The lowest BCUT2D eigenvalue weighted by atomic mass is 10.9. The Labute approximate surface area is 175 Å². The topological polar surface area (TPSA) is 71.1 Å². The fourth-order valence-electron chi connectivity index (χ4n) is 2.00. The second-order valence-corrected chi connectivity index (χ2v) is 16.3. The summed E-state index contributed by atoms with van der Waals surface area (Å²) >= 11 is 5.53. The Morgan fingerprint density at radius 2 is 1.31 bits per heavy atom. The van der Waals surface area contributed by atoms with Crippen molar-refractivity contribution in [3.63, 3.8) is 0 Å². The molecule has 0 bridgehead atoms. The van der Waals surface area contributed by atoms with Crippen molar-refractivity contribution in [3.05, 3.63) is 0 Å². The zero-order chi connectivity index (χ0) is 20.3. The highest BCUT2D eigenvalue weighted by molar-refractivity contribution is 8.44. The summed E-state index contributed by atoms with van der Waals surface area (Å²) in [4.78, 5) is 0. The number of rotatable bonds is 16. The molecular formula is C14H32O6P2S4. The third-order valence-corrected chi connectivity index (χ3v) is 17.4. The third-order valence-electron chi connectivity index (χ3n) is 2.85. The van der Waals surface area contributed by atoms with E-state index in [0.717, 1.165) is 0 Å². The summed E-state index contributed by atoms with van der Waals surface area (Å²) < 4.78 is 47.8. The summed E-state index contributed by atoms with van der Waals surface area (Å²) in [7, 11) is -6.91. The molecule has 158 valence electrons. The van der Waals surface area contributed by atoms with Crippen LogP contribution in [-0.2, 0) is 27.2 Å². The molecule has 0 aromatic carbocycles. The van der Waals surface area contributed by atoms with Gasteiger partial charge in [0.05, 0.1) is 26.4 Å². The van der Waals surface area contributed by atoms with Crippen molar-refractivity contribution in [2.24, 2.45) is 0 Å². The van der Waals surface area contributed by atoms with Crippen molar-refractivity contribution < 1.29 is 27.2 Å². The Bertz CT molecular complexity index is 464. The van der Waals surface area contributed by atoms with Crippen molar-refractivity contribution in [3.8, 4) is 0 Å². The van der Waals surface area contributed by atoms with E-state index in [-0.39, 0.29) is 26.4 Å². The van der Waals surface area contributed by atoms with Gasteiger partial charge in [0.25, 0.3) is 0 Å². The van der Waals surface area contributed by atoms with E-state index in [1.807, 2.05) is 19.4 Å². The van der Waals surface area contributed by atoms with Crippen LogP contribution >= 0.6 is 62.2 Å². The molecular weight excluding hydrogens is 454 g/mol. The molecule has 0 heterocycles. The molecule has 0 rings (SSSR count). The molecule has 26 heavy (non-hydrogen) atoms. The maximum Gasteiger partial charge on any atom is 0.366 e. The highest BCUT2D eigenvalue weighted by Gasteiger charge is 2.56. The summed E-state index contributed by atoms with van der Waals surface area (Å²) in [6.45, 7) is 10.2. The Hall–Kier alpha value is 1.70. The zero-order valence-corrected chi connectivity index (χ0v) is 21.6.